The topological polar surface area (TPSA) is 26.3 Å². The van der Waals surface area contributed by atoms with Crippen molar-refractivity contribution in [3.05, 3.63) is 0 Å². The van der Waals surface area contributed by atoms with E-state index in [0.717, 1.165) is 12.8 Å². The third kappa shape index (κ3) is 3.75. The third-order valence-corrected chi connectivity index (χ3v) is 2.66. The molecule has 13 heavy (non-hydrogen) atoms. The van der Waals surface area contributed by atoms with Gasteiger partial charge in [0.05, 0.1) is 0 Å². The number of rotatable bonds is 1. The SMILES string of the molecule is C[Si](C)(C)C#CC(=O)C1CCCO1. The van der Waals surface area contributed by atoms with Crippen molar-refractivity contribution in [1.82, 2.24) is 0 Å². The van der Waals surface area contributed by atoms with E-state index in [-0.39, 0.29) is 11.9 Å². The molecule has 1 fully saturated rings. The van der Waals surface area contributed by atoms with Crippen LogP contribution in [0.25, 0.3) is 0 Å². The van der Waals surface area contributed by atoms with E-state index in [1.54, 1.807) is 0 Å². The van der Waals surface area contributed by atoms with Crippen molar-refractivity contribution in [3.63, 3.8) is 0 Å². The number of hydrogen-bond acceptors (Lipinski definition) is 2. The summed E-state index contributed by atoms with van der Waals surface area (Å²) in [5.74, 6) is 2.68. The lowest BCUT2D eigenvalue weighted by Crippen LogP contribution is -2.21. The maximum absolute atomic E-state index is 11.4. The maximum Gasteiger partial charge on any atom is 0.233 e. The second-order valence-electron chi connectivity index (χ2n) is 4.37. The molecule has 1 aliphatic heterocycles. The van der Waals surface area contributed by atoms with Gasteiger partial charge in [-0.15, -0.1) is 5.54 Å². The zero-order valence-electron chi connectivity index (χ0n) is 8.52. The van der Waals surface area contributed by atoms with Crippen LogP contribution in [-0.4, -0.2) is 26.6 Å². The van der Waals surface area contributed by atoms with Gasteiger partial charge in [0.1, 0.15) is 14.2 Å². The Bertz CT molecular complexity index is 248. The average molecular weight is 196 g/mol. The van der Waals surface area contributed by atoms with Crippen molar-refractivity contribution >= 4 is 13.9 Å². The summed E-state index contributed by atoms with van der Waals surface area (Å²) in [5.41, 5.74) is 3.06. The molecule has 1 rings (SSSR count). The zero-order chi connectivity index (χ0) is 9.90. The molecule has 0 spiro atoms. The molecule has 0 amide bonds. The lowest BCUT2D eigenvalue weighted by molar-refractivity contribution is -0.122. The maximum atomic E-state index is 11.4. The molecule has 0 aliphatic carbocycles. The Morgan fingerprint density at radius 3 is 2.62 bits per heavy atom. The van der Waals surface area contributed by atoms with Gasteiger partial charge in [0.25, 0.3) is 0 Å². The first-order valence-corrected chi connectivity index (χ1v) is 8.18. The monoisotopic (exact) mass is 196 g/mol. The molecule has 1 heterocycles. The first kappa shape index (κ1) is 10.5. The van der Waals surface area contributed by atoms with Crippen molar-refractivity contribution in [2.24, 2.45) is 0 Å². The first-order chi connectivity index (χ1) is 5.99. The van der Waals surface area contributed by atoms with E-state index in [1.165, 1.54) is 0 Å². The van der Waals surface area contributed by atoms with Gasteiger partial charge in [-0.05, 0) is 18.8 Å². The number of carbonyl (C=O) groups is 1. The lowest BCUT2D eigenvalue weighted by Gasteiger charge is -2.05. The van der Waals surface area contributed by atoms with E-state index < -0.39 is 8.07 Å². The summed E-state index contributed by atoms with van der Waals surface area (Å²) in [6.07, 6.45) is 1.60. The number of Topliss-reactive ketones (excluding diaryl/α,β-unsaturated/α-hetero) is 1. The third-order valence-electron chi connectivity index (χ3n) is 1.78. The Hall–Kier alpha value is -0.593. The van der Waals surface area contributed by atoms with Crippen molar-refractivity contribution < 1.29 is 9.53 Å². The standard InChI is InChI=1S/C10H16O2Si/c1-13(2,3)8-6-9(11)10-5-4-7-12-10/h10H,4-5,7H2,1-3H3. The fourth-order valence-electron chi connectivity index (χ4n) is 1.11. The average Bonchev–Trinajstić information content (AvgIpc) is 2.50. The van der Waals surface area contributed by atoms with Crippen LogP contribution >= 0.6 is 0 Å². The predicted octanol–water partition coefficient (Wildman–Crippen LogP) is 1.62. The fourth-order valence-corrected chi connectivity index (χ4v) is 1.61. The van der Waals surface area contributed by atoms with E-state index in [1.807, 2.05) is 0 Å². The molecule has 0 aromatic rings. The van der Waals surface area contributed by atoms with E-state index in [2.05, 4.69) is 31.1 Å². The first-order valence-electron chi connectivity index (χ1n) is 4.68. The highest BCUT2D eigenvalue weighted by atomic mass is 28.3. The highest BCUT2D eigenvalue weighted by molar-refractivity contribution is 6.84. The quantitative estimate of drug-likeness (QED) is 0.470. The van der Waals surface area contributed by atoms with Crippen LogP contribution in [0.2, 0.25) is 19.6 Å². The molecule has 2 nitrogen and oxygen atoms in total. The molecule has 0 radical (unpaired) electrons. The molecule has 0 aromatic heterocycles. The van der Waals surface area contributed by atoms with E-state index in [9.17, 15) is 4.79 Å². The second-order valence-corrected chi connectivity index (χ2v) is 9.12. The zero-order valence-corrected chi connectivity index (χ0v) is 9.52. The Morgan fingerprint density at radius 2 is 2.15 bits per heavy atom. The van der Waals surface area contributed by atoms with Crippen LogP contribution in [0.5, 0.6) is 0 Å². The summed E-state index contributed by atoms with van der Waals surface area (Å²) in [6.45, 7) is 7.10. The summed E-state index contributed by atoms with van der Waals surface area (Å²) in [4.78, 5) is 11.4. The van der Waals surface area contributed by atoms with Crippen molar-refractivity contribution in [3.8, 4) is 11.5 Å². The van der Waals surface area contributed by atoms with Gasteiger partial charge >= 0.3 is 0 Å². The molecular formula is C10H16O2Si. The lowest BCUT2D eigenvalue weighted by atomic mass is 10.2. The smallest absolute Gasteiger partial charge is 0.233 e. The molecule has 0 bridgehead atoms. The Kier molecular flexibility index (Phi) is 3.29. The second kappa shape index (κ2) is 4.08. The predicted molar refractivity (Wildman–Crippen MR) is 55.1 cm³/mol. The summed E-state index contributed by atoms with van der Waals surface area (Å²) >= 11 is 0. The van der Waals surface area contributed by atoms with Crippen molar-refractivity contribution in [2.75, 3.05) is 6.61 Å². The van der Waals surface area contributed by atoms with Crippen LogP contribution in [0.15, 0.2) is 0 Å². The van der Waals surface area contributed by atoms with Gasteiger partial charge in [-0.3, -0.25) is 4.79 Å². The van der Waals surface area contributed by atoms with E-state index in [4.69, 9.17) is 4.74 Å². The number of hydrogen-bond donors (Lipinski definition) is 0. The van der Waals surface area contributed by atoms with Gasteiger partial charge in [0, 0.05) is 6.61 Å². The number of ketones is 1. The fraction of sp³-hybridized carbons (Fsp3) is 0.700. The van der Waals surface area contributed by atoms with Crippen LogP contribution in [-0.2, 0) is 9.53 Å². The minimum atomic E-state index is -1.41. The van der Waals surface area contributed by atoms with Crippen LogP contribution < -0.4 is 0 Å². The van der Waals surface area contributed by atoms with Gasteiger partial charge in [-0.25, -0.2) is 0 Å². The highest BCUT2D eigenvalue weighted by Crippen LogP contribution is 2.12. The summed E-state index contributed by atoms with van der Waals surface area (Å²) < 4.78 is 5.24. The van der Waals surface area contributed by atoms with Gasteiger partial charge in [0.15, 0.2) is 0 Å². The van der Waals surface area contributed by atoms with Gasteiger partial charge in [-0.2, -0.15) is 0 Å². The minimum Gasteiger partial charge on any atom is -0.369 e. The molecule has 0 saturated carbocycles. The van der Waals surface area contributed by atoms with Crippen LogP contribution in [0, 0.1) is 11.5 Å². The van der Waals surface area contributed by atoms with Crippen LogP contribution in [0.4, 0.5) is 0 Å². The summed E-state index contributed by atoms with van der Waals surface area (Å²) in [5, 5.41) is 0. The van der Waals surface area contributed by atoms with Gasteiger partial charge in [-0.1, -0.05) is 19.6 Å². The summed E-state index contributed by atoms with van der Waals surface area (Å²) in [6, 6.07) is 0. The Balaban J connectivity index is 2.52. The molecule has 3 heteroatoms. The Morgan fingerprint density at radius 1 is 1.46 bits per heavy atom. The van der Waals surface area contributed by atoms with Crippen molar-refractivity contribution in [2.45, 2.75) is 38.6 Å². The Labute approximate surface area is 80.7 Å². The van der Waals surface area contributed by atoms with Crippen LogP contribution in [0.1, 0.15) is 12.8 Å². The molecule has 1 atom stereocenters. The molecule has 1 unspecified atom stereocenters. The van der Waals surface area contributed by atoms with Gasteiger partial charge < -0.3 is 4.74 Å². The highest BCUT2D eigenvalue weighted by Gasteiger charge is 2.22. The van der Waals surface area contributed by atoms with E-state index >= 15 is 0 Å². The minimum absolute atomic E-state index is 0.0278. The number of ether oxygens (including phenoxy) is 1. The molecule has 1 saturated heterocycles. The van der Waals surface area contributed by atoms with E-state index in [0.29, 0.717) is 6.61 Å². The molecule has 0 aromatic carbocycles. The largest absolute Gasteiger partial charge is 0.369 e. The molecule has 1 aliphatic rings. The summed E-state index contributed by atoms with van der Waals surface area (Å²) in [7, 11) is -1.41. The van der Waals surface area contributed by atoms with Crippen molar-refractivity contribution in [1.29, 1.82) is 0 Å². The molecule has 0 N–H and O–H groups in total. The number of carbonyl (C=O) groups excluding carboxylic acids is 1. The molecular weight excluding hydrogens is 180 g/mol. The van der Waals surface area contributed by atoms with Gasteiger partial charge in [0.2, 0.25) is 5.78 Å². The normalized spacial score (nSPS) is 22.2. The van der Waals surface area contributed by atoms with Crippen LogP contribution in [0.3, 0.4) is 0 Å². The molecule has 72 valence electrons.